The van der Waals surface area contributed by atoms with Gasteiger partial charge in [-0.25, -0.2) is 15.2 Å². The second-order valence-corrected chi connectivity index (χ2v) is 6.15. The molecule has 29 heavy (non-hydrogen) atoms. The van der Waals surface area contributed by atoms with Crippen molar-refractivity contribution in [1.29, 1.82) is 0 Å². The highest BCUT2D eigenvalue weighted by Gasteiger charge is 2.15. The number of hydrazone groups is 1. The molecule has 11 heteroatoms. The van der Waals surface area contributed by atoms with Crippen molar-refractivity contribution in [1.82, 2.24) is 24.1 Å². The Morgan fingerprint density at radius 2 is 1.97 bits per heavy atom. The number of aryl methyl sites for hydroxylation is 1. The van der Waals surface area contributed by atoms with Gasteiger partial charge in [0.05, 0.1) is 26.8 Å². The number of methoxy groups -OCH3 is 2. The van der Waals surface area contributed by atoms with Crippen LogP contribution < -0.4 is 26.1 Å². The first-order valence-corrected chi connectivity index (χ1v) is 8.52. The zero-order valence-electron chi connectivity index (χ0n) is 16.4. The predicted molar refractivity (Wildman–Crippen MR) is 105 cm³/mol. The normalized spacial score (nSPS) is 11.2. The van der Waals surface area contributed by atoms with E-state index in [1.165, 1.54) is 42.9 Å². The number of rotatable bonds is 6. The Bertz CT molecular complexity index is 1220. The number of fused-ring (bicyclic) bond motifs is 1. The Kier molecular flexibility index (Phi) is 5.48. The summed E-state index contributed by atoms with van der Waals surface area (Å²) in [6, 6.07) is 5.18. The van der Waals surface area contributed by atoms with Gasteiger partial charge in [0, 0.05) is 19.7 Å². The van der Waals surface area contributed by atoms with Gasteiger partial charge in [-0.3, -0.25) is 18.7 Å². The molecule has 11 nitrogen and oxygen atoms in total. The third kappa shape index (κ3) is 3.74. The van der Waals surface area contributed by atoms with Crippen molar-refractivity contribution < 1.29 is 14.3 Å². The molecule has 0 bridgehead atoms. The molecule has 2 aromatic heterocycles. The van der Waals surface area contributed by atoms with Crippen molar-refractivity contribution in [2.75, 3.05) is 14.2 Å². The van der Waals surface area contributed by atoms with Crippen LogP contribution in [0.4, 0.5) is 0 Å². The number of amides is 1. The smallest absolute Gasteiger partial charge is 0.332 e. The summed E-state index contributed by atoms with van der Waals surface area (Å²) in [6.45, 7) is -0.198. The highest BCUT2D eigenvalue weighted by Crippen LogP contribution is 2.22. The van der Waals surface area contributed by atoms with Gasteiger partial charge in [0.25, 0.3) is 11.5 Å². The lowest BCUT2D eigenvalue weighted by Crippen LogP contribution is -2.38. The minimum absolute atomic E-state index is 0.156. The molecule has 1 aromatic carbocycles. The number of benzene rings is 1. The maximum atomic E-state index is 12.4. The number of ether oxygens (including phenoxy) is 2. The molecule has 1 N–H and O–H groups in total. The number of nitrogens with one attached hydrogen (secondary N) is 1. The maximum absolute atomic E-state index is 12.4. The number of nitrogens with zero attached hydrogens (tertiary/aromatic N) is 5. The summed E-state index contributed by atoms with van der Waals surface area (Å²) in [4.78, 5) is 40.7. The van der Waals surface area contributed by atoms with Crippen LogP contribution in [-0.4, -0.2) is 45.0 Å². The van der Waals surface area contributed by atoms with Gasteiger partial charge >= 0.3 is 5.69 Å². The van der Waals surface area contributed by atoms with E-state index in [0.717, 1.165) is 4.57 Å². The van der Waals surface area contributed by atoms with Crippen molar-refractivity contribution in [2.24, 2.45) is 19.2 Å². The van der Waals surface area contributed by atoms with Crippen LogP contribution in [0.25, 0.3) is 11.2 Å². The fourth-order valence-corrected chi connectivity index (χ4v) is 2.82. The largest absolute Gasteiger partial charge is 0.497 e. The zero-order valence-corrected chi connectivity index (χ0v) is 16.4. The van der Waals surface area contributed by atoms with Crippen molar-refractivity contribution in [3.8, 4) is 11.5 Å². The van der Waals surface area contributed by atoms with Crippen molar-refractivity contribution in [3.05, 3.63) is 50.9 Å². The summed E-state index contributed by atoms with van der Waals surface area (Å²) < 4.78 is 14.0. The molecule has 3 aromatic rings. The molecule has 0 saturated carbocycles. The number of hydrogen-bond donors (Lipinski definition) is 1. The lowest BCUT2D eigenvalue weighted by atomic mass is 10.2. The van der Waals surface area contributed by atoms with Crippen molar-refractivity contribution in [3.63, 3.8) is 0 Å². The van der Waals surface area contributed by atoms with Crippen LogP contribution in [0.1, 0.15) is 5.56 Å². The summed E-state index contributed by atoms with van der Waals surface area (Å²) >= 11 is 0. The molecule has 0 atom stereocenters. The van der Waals surface area contributed by atoms with E-state index in [1.807, 2.05) is 0 Å². The van der Waals surface area contributed by atoms with Gasteiger partial charge in [-0.2, -0.15) is 5.10 Å². The molecule has 0 radical (unpaired) electrons. The van der Waals surface area contributed by atoms with Crippen molar-refractivity contribution >= 4 is 23.3 Å². The summed E-state index contributed by atoms with van der Waals surface area (Å²) in [5.74, 6) is 0.706. The summed E-state index contributed by atoms with van der Waals surface area (Å²) in [5.41, 5.74) is 2.34. The molecule has 152 valence electrons. The minimum atomic E-state index is -0.530. The standard InChI is InChI=1S/C18H20N6O5/c1-22-16-15(17(26)23(2)18(22)27)24(10-19-16)9-14(25)21-20-8-11-7-12(28-3)5-6-13(11)29-4/h5-8,10H,9H2,1-4H3,(H,21,25)/b20-8-. The second kappa shape index (κ2) is 8.00. The van der Waals surface area contributed by atoms with E-state index < -0.39 is 17.2 Å². The summed E-state index contributed by atoms with van der Waals surface area (Å²) in [6.07, 6.45) is 2.76. The van der Waals surface area contributed by atoms with Crippen LogP contribution in [-0.2, 0) is 25.4 Å². The first kappa shape index (κ1) is 19.9. The molecule has 0 spiro atoms. The molecule has 0 aliphatic heterocycles. The van der Waals surface area contributed by atoms with Gasteiger partial charge in [-0.15, -0.1) is 0 Å². The van der Waals surface area contributed by atoms with E-state index in [2.05, 4.69) is 15.5 Å². The summed E-state index contributed by atoms with van der Waals surface area (Å²) in [7, 11) is 5.94. The first-order valence-electron chi connectivity index (χ1n) is 8.52. The quantitative estimate of drug-likeness (QED) is 0.444. The highest BCUT2D eigenvalue weighted by atomic mass is 16.5. The molecule has 0 unspecified atom stereocenters. The molecule has 0 aliphatic carbocycles. The lowest BCUT2D eigenvalue weighted by Gasteiger charge is -2.07. The number of aromatic nitrogens is 4. The predicted octanol–water partition coefficient (Wildman–Crippen LogP) is -0.399. The minimum Gasteiger partial charge on any atom is -0.497 e. The third-order valence-corrected chi connectivity index (χ3v) is 4.36. The molecular weight excluding hydrogens is 380 g/mol. The Balaban J connectivity index is 1.80. The van der Waals surface area contributed by atoms with E-state index in [9.17, 15) is 14.4 Å². The molecule has 0 aliphatic rings. The SMILES string of the molecule is COc1ccc(OC)c(/C=N\NC(=O)Cn2cnc3c2c(=O)n(C)c(=O)n3C)c1. The maximum Gasteiger partial charge on any atom is 0.332 e. The van der Waals surface area contributed by atoms with Crippen LogP contribution in [0.5, 0.6) is 11.5 Å². The Labute approximate surface area is 164 Å². The van der Waals surface area contributed by atoms with Gasteiger partial charge < -0.3 is 14.0 Å². The number of carbonyl (C=O) groups is 1. The Hall–Kier alpha value is -3.89. The second-order valence-electron chi connectivity index (χ2n) is 6.15. The van der Waals surface area contributed by atoms with Crippen molar-refractivity contribution in [2.45, 2.75) is 6.54 Å². The molecule has 0 saturated heterocycles. The van der Waals surface area contributed by atoms with E-state index >= 15 is 0 Å². The van der Waals surface area contributed by atoms with Gasteiger partial charge in [-0.05, 0) is 18.2 Å². The average Bonchev–Trinajstić information content (AvgIpc) is 3.14. The van der Waals surface area contributed by atoms with Gasteiger partial charge in [-0.1, -0.05) is 0 Å². The van der Waals surface area contributed by atoms with Crippen LogP contribution >= 0.6 is 0 Å². The third-order valence-electron chi connectivity index (χ3n) is 4.36. The Morgan fingerprint density at radius 3 is 2.66 bits per heavy atom. The first-order chi connectivity index (χ1) is 13.9. The van der Waals surface area contributed by atoms with Gasteiger partial charge in [0.15, 0.2) is 11.2 Å². The molecular formula is C18H20N6O5. The van der Waals surface area contributed by atoms with E-state index in [0.29, 0.717) is 17.1 Å². The molecule has 1 amide bonds. The van der Waals surface area contributed by atoms with Gasteiger partial charge in [0.1, 0.15) is 18.0 Å². The Morgan fingerprint density at radius 1 is 1.21 bits per heavy atom. The van der Waals surface area contributed by atoms with E-state index in [-0.39, 0.29) is 17.7 Å². The average molecular weight is 400 g/mol. The molecule has 3 rings (SSSR count). The fourth-order valence-electron chi connectivity index (χ4n) is 2.82. The summed E-state index contributed by atoms with van der Waals surface area (Å²) in [5, 5.41) is 3.93. The van der Waals surface area contributed by atoms with Crippen LogP contribution in [0.15, 0.2) is 39.2 Å². The van der Waals surface area contributed by atoms with Crippen LogP contribution in [0.3, 0.4) is 0 Å². The number of imidazole rings is 1. The number of carbonyl (C=O) groups excluding carboxylic acids is 1. The monoisotopic (exact) mass is 400 g/mol. The number of hydrogen-bond acceptors (Lipinski definition) is 7. The van der Waals surface area contributed by atoms with Crippen LogP contribution in [0.2, 0.25) is 0 Å². The zero-order chi connectivity index (χ0) is 21.1. The topological polar surface area (TPSA) is 122 Å². The lowest BCUT2D eigenvalue weighted by molar-refractivity contribution is -0.121. The van der Waals surface area contributed by atoms with Gasteiger partial charge in [0.2, 0.25) is 0 Å². The van der Waals surface area contributed by atoms with E-state index in [4.69, 9.17) is 9.47 Å². The molecule has 0 fully saturated rings. The highest BCUT2D eigenvalue weighted by molar-refractivity contribution is 5.86. The molecule has 2 heterocycles. The fraction of sp³-hybridized carbons (Fsp3) is 0.278. The van der Waals surface area contributed by atoms with Crippen LogP contribution in [0, 0.1) is 0 Å². The van der Waals surface area contributed by atoms with E-state index in [1.54, 1.807) is 25.3 Å².